The smallest absolute Gasteiger partial charge is 0.260 e. The van der Waals surface area contributed by atoms with Crippen molar-refractivity contribution >= 4 is 17.5 Å². The van der Waals surface area contributed by atoms with Gasteiger partial charge in [-0.2, -0.15) is 0 Å². The fourth-order valence-corrected chi connectivity index (χ4v) is 2.77. The summed E-state index contributed by atoms with van der Waals surface area (Å²) < 4.78 is 7.02. The molecule has 3 aromatic rings. The molecule has 1 heterocycles. The summed E-state index contributed by atoms with van der Waals surface area (Å²) in [6.45, 7) is 2.23. The van der Waals surface area contributed by atoms with Crippen LogP contribution in [0.25, 0.3) is 11.3 Å². The van der Waals surface area contributed by atoms with Gasteiger partial charge in [-0.05, 0) is 19.1 Å². The molecule has 0 spiro atoms. The van der Waals surface area contributed by atoms with Crippen molar-refractivity contribution in [2.24, 2.45) is 0 Å². The van der Waals surface area contributed by atoms with Crippen molar-refractivity contribution in [3.8, 4) is 17.0 Å². The second-order valence-corrected chi connectivity index (χ2v) is 6.56. The highest BCUT2D eigenvalue weighted by molar-refractivity contribution is 6.32. The van der Waals surface area contributed by atoms with Crippen molar-refractivity contribution < 1.29 is 9.53 Å². The highest BCUT2D eigenvalue weighted by Crippen LogP contribution is 2.24. The Balaban J connectivity index is 1.54. The molecule has 3 rings (SSSR count). The summed E-state index contributed by atoms with van der Waals surface area (Å²) >= 11 is 6.03. The topological polar surface area (TPSA) is 73.2 Å². The summed E-state index contributed by atoms with van der Waals surface area (Å²) in [7, 11) is 0. The van der Waals surface area contributed by atoms with Gasteiger partial charge in [-0.25, -0.2) is 4.98 Å². The van der Waals surface area contributed by atoms with E-state index in [2.05, 4.69) is 10.3 Å². The van der Waals surface area contributed by atoms with Crippen molar-refractivity contribution in [2.45, 2.75) is 19.6 Å². The maximum Gasteiger partial charge on any atom is 0.260 e. The van der Waals surface area contributed by atoms with Crippen molar-refractivity contribution in [3.63, 3.8) is 0 Å². The Kier molecular flexibility index (Phi) is 6.45. The fourth-order valence-electron chi connectivity index (χ4n) is 2.59. The number of benzene rings is 2. The van der Waals surface area contributed by atoms with E-state index in [1.54, 1.807) is 31.2 Å². The molecule has 1 N–H and O–H groups in total. The summed E-state index contributed by atoms with van der Waals surface area (Å²) in [5, 5.41) is 3.19. The molecular weight excluding hydrogens is 378 g/mol. The molecule has 0 fully saturated rings. The maximum absolute atomic E-state index is 12.3. The molecule has 1 aromatic heterocycles. The van der Waals surface area contributed by atoms with E-state index in [0.29, 0.717) is 23.0 Å². The summed E-state index contributed by atoms with van der Waals surface area (Å²) in [5.41, 5.74) is 1.32. The Hall–Kier alpha value is -3.12. The van der Waals surface area contributed by atoms with Crippen molar-refractivity contribution in [1.29, 1.82) is 0 Å². The van der Waals surface area contributed by atoms with Gasteiger partial charge in [0.2, 0.25) is 0 Å². The van der Waals surface area contributed by atoms with Crippen LogP contribution in [0.4, 0.5) is 0 Å². The third-order valence-corrected chi connectivity index (χ3v) is 4.42. The molecular formula is C21H20ClN3O3. The zero-order chi connectivity index (χ0) is 19.9. The molecule has 0 aliphatic heterocycles. The number of halogens is 1. The van der Waals surface area contributed by atoms with Crippen LogP contribution < -0.4 is 15.6 Å². The van der Waals surface area contributed by atoms with Crippen LogP contribution in [0, 0.1) is 0 Å². The lowest BCUT2D eigenvalue weighted by atomic mass is 10.1. The molecule has 1 atom stereocenters. The molecule has 28 heavy (non-hydrogen) atoms. The van der Waals surface area contributed by atoms with Crippen LogP contribution in [0.15, 0.2) is 71.8 Å². The average Bonchev–Trinajstić information content (AvgIpc) is 2.71. The largest absolute Gasteiger partial charge is 0.479 e. The summed E-state index contributed by atoms with van der Waals surface area (Å²) in [4.78, 5) is 28.8. The van der Waals surface area contributed by atoms with E-state index in [1.165, 1.54) is 17.0 Å². The van der Waals surface area contributed by atoms with Gasteiger partial charge in [0, 0.05) is 24.7 Å². The predicted molar refractivity (Wildman–Crippen MR) is 108 cm³/mol. The van der Waals surface area contributed by atoms with Crippen LogP contribution in [0.5, 0.6) is 5.75 Å². The lowest BCUT2D eigenvalue weighted by Crippen LogP contribution is -2.38. The van der Waals surface area contributed by atoms with Crippen LogP contribution in [-0.4, -0.2) is 28.1 Å². The van der Waals surface area contributed by atoms with Crippen LogP contribution in [-0.2, 0) is 11.3 Å². The highest BCUT2D eigenvalue weighted by atomic mass is 35.5. The van der Waals surface area contributed by atoms with E-state index < -0.39 is 6.10 Å². The standard InChI is InChI=1S/C21H20ClN3O3/c1-15(28-19-10-6-5-9-17(19)22)21(27)23-11-12-25-14-24-18(13-20(25)26)16-7-3-2-4-8-16/h2-10,13-15H,11-12H2,1H3,(H,23,27). The van der Waals surface area contributed by atoms with Crippen LogP contribution in [0.2, 0.25) is 5.02 Å². The van der Waals surface area contributed by atoms with E-state index in [4.69, 9.17) is 16.3 Å². The van der Waals surface area contributed by atoms with Gasteiger partial charge in [-0.3, -0.25) is 14.2 Å². The number of hydrogen-bond donors (Lipinski definition) is 1. The molecule has 0 saturated heterocycles. The first-order valence-electron chi connectivity index (χ1n) is 8.85. The van der Waals surface area contributed by atoms with Crippen LogP contribution >= 0.6 is 11.6 Å². The number of amides is 1. The number of ether oxygens (including phenoxy) is 1. The molecule has 6 nitrogen and oxygen atoms in total. The maximum atomic E-state index is 12.3. The molecule has 1 unspecified atom stereocenters. The van der Waals surface area contributed by atoms with E-state index in [-0.39, 0.29) is 18.0 Å². The summed E-state index contributed by atoms with van der Waals surface area (Å²) in [6, 6.07) is 17.9. The number of carbonyl (C=O) groups is 1. The van der Waals surface area contributed by atoms with Crippen LogP contribution in [0.1, 0.15) is 6.92 Å². The Morgan fingerprint density at radius 1 is 1.18 bits per heavy atom. The second-order valence-electron chi connectivity index (χ2n) is 6.15. The first kappa shape index (κ1) is 19.6. The number of carbonyl (C=O) groups excluding carboxylic acids is 1. The zero-order valence-electron chi connectivity index (χ0n) is 15.3. The number of nitrogens with zero attached hydrogens (tertiary/aromatic N) is 2. The molecule has 0 radical (unpaired) electrons. The summed E-state index contributed by atoms with van der Waals surface area (Å²) in [5.74, 6) is 0.158. The number of rotatable bonds is 7. The first-order valence-corrected chi connectivity index (χ1v) is 9.23. The molecule has 1 amide bonds. The lowest BCUT2D eigenvalue weighted by Gasteiger charge is -2.15. The number of aromatic nitrogens is 2. The third-order valence-electron chi connectivity index (χ3n) is 4.11. The van der Waals surface area contributed by atoms with Gasteiger partial charge in [0.05, 0.1) is 17.0 Å². The number of nitrogens with one attached hydrogen (secondary N) is 1. The molecule has 2 aromatic carbocycles. The molecule has 7 heteroatoms. The van der Waals surface area contributed by atoms with Gasteiger partial charge in [0.1, 0.15) is 5.75 Å². The van der Waals surface area contributed by atoms with E-state index in [9.17, 15) is 9.59 Å². The van der Waals surface area contributed by atoms with Gasteiger partial charge in [0.25, 0.3) is 11.5 Å². The lowest BCUT2D eigenvalue weighted by molar-refractivity contribution is -0.127. The zero-order valence-corrected chi connectivity index (χ0v) is 16.1. The van der Waals surface area contributed by atoms with Gasteiger partial charge in [-0.1, -0.05) is 54.1 Å². The van der Waals surface area contributed by atoms with E-state index in [1.807, 2.05) is 30.3 Å². The van der Waals surface area contributed by atoms with Crippen LogP contribution in [0.3, 0.4) is 0 Å². The van der Waals surface area contributed by atoms with Gasteiger partial charge in [0.15, 0.2) is 6.10 Å². The first-order chi connectivity index (χ1) is 13.5. The third kappa shape index (κ3) is 4.98. The molecule has 0 aliphatic carbocycles. The van der Waals surface area contributed by atoms with Gasteiger partial charge >= 0.3 is 0 Å². The minimum atomic E-state index is -0.713. The Labute approximate surface area is 167 Å². The Morgan fingerprint density at radius 3 is 2.61 bits per heavy atom. The van der Waals surface area contributed by atoms with Crippen molar-refractivity contribution in [3.05, 3.63) is 82.4 Å². The molecule has 0 bridgehead atoms. The minimum absolute atomic E-state index is 0.177. The van der Waals surface area contributed by atoms with Gasteiger partial charge in [-0.15, -0.1) is 0 Å². The fraction of sp³-hybridized carbons (Fsp3) is 0.190. The monoisotopic (exact) mass is 397 g/mol. The number of para-hydroxylation sites is 1. The van der Waals surface area contributed by atoms with E-state index >= 15 is 0 Å². The second kappa shape index (κ2) is 9.19. The minimum Gasteiger partial charge on any atom is -0.479 e. The quantitative estimate of drug-likeness (QED) is 0.664. The summed E-state index contributed by atoms with van der Waals surface area (Å²) in [6.07, 6.45) is 0.774. The average molecular weight is 398 g/mol. The predicted octanol–water partition coefficient (Wildman–Crippen LogP) is 3.15. The van der Waals surface area contributed by atoms with Crippen molar-refractivity contribution in [2.75, 3.05) is 6.54 Å². The molecule has 0 saturated carbocycles. The number of hydrogen-bond acceptors (Lipinski definition) is 4. The van der Waals surface area contributed by atoms with Crippen molar-refractivity contribution in [1.82, 2.24) is 14.9 Å². The Morgan fingerprint density at radius 2 is 1.89 bits per heavy atom. The Bertz CT molecular complexity index is 1010. The van der Waals surface area contributed by atoms with Gasteiger partial charge < -0.3 is 10.1 Å². The van der Waals surface area contributed by atoms with E-state index in [0.717, 1.165) is 5.56 Å². The molecule has 144 valence electrons. The normalized spacial score (nSPS) is 11.6. The highest BCUT2D eigenvalue weighted by Gasteiger charge is 2.15. The molecule has 0 aliphatic rings. The SMILES string of the molecule is CC(Oc1ccccc1Cl)C(=O)NCCn1cnc(-c2ccccc2)cc1=O.